The highest BCUT2D eigenvalue weighted by molar-refractivity contribution is 5.94. The van der Waals surface area contributed by atoms with Gasteiger partial charge in [-0.3, -0.25) is 9.59 Å². The molecule has 0 radical (unpaired) electrons. The first-order valence-electron chi connectivity index (χ1n) is 10.9. The second kappa shape index (κ2) is 10.4. The molecule has 7 heteroatoms. The maximum absolute atomic E-state index is 12.6. The number of hydrogen-bond donors (Lipinski definition) is 3. The van der Waals surface area contributed by atoms with Crippen LogP contribution in [0.5, 0.6) is 0 Å². The zero-order chi connectivity index (χ0) is 23.9. The van der Waals surface area contributed by atoms with Gasteiger partial charge in [0.2, 0.25) is 11.9 Å². The van der Waals surface area contributed by atoms with Crippen molar-refractivity contribution in [1.29, 1.82) is 0 Å². The van der Waals surface area contributed by atoms with Crippen LogP contribution in [0.1, 0.15) is 35.8 Å². The van der Waals surface area contributed by atoms with Gasteiger partial charge in [-0.05, 0) is 48.9 Å². The fourth-order valence-electron chi connectivity index (χ4n) is 3.56. The van der Waals surface area contributed by atoms with Crippen molar-refractivity contribution in [3.8, 4) is 11.3 Å². The summed E-state index contributed by atoms with van der Waals surface area (Å²) in [6.45, 7) is 3.41. The van der Waals surface area contributed by atoms with E-state index in [0.717, 1.165) is 28.2 Å². The lowest BCUT2D eigenvalue weighted by Gasteiger charge is -2.18. The first-order chi connectivity index (χ1) is 16.5. The second-order valence-electron chi connectivity index (χ2n) is 7.80. The standard InChI is InChI=1S/C27H25N5O2/c1-18(29-26(34)21-8-4-3-5-9-21)23-10-6-7-11-25(23)32-27-28-17-16-24(31-27)20-12-14-22(15-13-20)30-19(2)33/h3-18H,1-2H3,(H,29,34)(H,30,33)(H,28,31,32). The van der Waals surface area contributed by atoms with E-state index in [0.29, 0.717) is 11.5 Å². The fourth-order valence-corrected chi connectivity index (χ4v) is 3.56. The van der Waals surface area contributed by atoms with E-state index in [1.165, 1.54) is 6.92 Å². The van der Waals surface area contributed by atoms with Crippen LogP contribution in [0.25, 0.3) is 11.3 Å². The van der Waals surface area contributed by atoms with Crippen LogP contribution in [0.15, 0.2) is 91.1 Å². The molecule has 1 atom stereocenters. The number of hydrogen-bond acceptors (Lipinski definition) is 5. The maximum Gasteiger partial charge on any atom is 0.251 e. The number of carbonyl (C=O) groups is 2. The Morgan fingerprint density at radius 3 is 2.29 bits per heavy atom. The predicted molar refractivity (Wildman–Crippen MR) is 134 cm³/mol. The van der Waals surface area contributed by atoms with E-state index in [1.807, 2.05) is 79.7 Å². The number of anilines is 3. The van der Waals surface area contributed by atoms with Gasteiger partial charge in [-0.15, -0.1) is 0 Å². The molecule has 0 aliphatic carbocycles. The van der Waals surface area contributed by atoms with E-state index in [-0.39, 0.29) is 17.9 Å². The molecule has 0 spiro atoms. The molecule has 3 aromatic carbocycles. The minimum Gasteiger partial charge on any atom is -0.345 e. The molecule has 0 fully saturated rings. The summed E-state index contributed by atoms with van der Waals surface area (Å²) < 4.78 is 0. The topological polar surface area (TPSA) is 96.0 Å². The molecule has 0 bridgehead atoms. The number of aromatic nitrogens is 2. The summed E-state index contributed by atoms with van der Waals surface area (Å²) in [7, 11) is 0. The van der Waals surface area contributed by atoms with Crippen molar-refractivity contribution < 1.29 is 9.59 Å². The van der Waals surface area contributed by atoms with Gasteiger partial charge in [-0.2, -0.15) is 0 Å². The molecule has 1 aromatic heterocycles. The van der Waals surface area contributed by atoms with Gasteiger partial charge in [0.1, 0.15) is 0 Å². The monoisotopic (exact) mass is 451 g/mol. The Morgan fingerprint density at radius 2 is 1.56 bits per heavy atom. The van der Waals surface area contributed by atoms with Gasteiger partial charge in [-0.1, -0.05) is 48.5 Å². The molecule has 0 aliphatic rings. The van der Waals surface area contributed by atoms with Crippen molar-refractivity contribution in [2.24, 2.45) is 0 Å². The van der Waals surface area contributed by atoms with Gasteiger partial charge >= 0.3 is 0 Å². The molecular weight excluding hydrogens is 426 g/mol. The van der Waals surface area contributed by atoms with Gasteiger partial charge in [0, 0.05) is 35.6 Å². The highest BCUT2D eigenvalue weighted by Gasteiger charge is 2.15. The average molecular weight is 452 g/mol. The van der Waals surface area contributed by atoms with Crippen molar-refractivity contribution >= 4 is 29.1 Å². The van der Waals surface area contributed by atoms with Gasteiger partial charge < -0.3 is 16.0 Å². The van der Waals surface area contributed by atoms with E-state index in [2.05, 4.69) is 25.9 Å². The van der Waals surface area contributed by atoms with Crippen LogP contribution >= 0.6 is 0 Å². The van der Waals surface area contributed by atoms with E-state index < -0.39 is 0 Å². The Bertz CT molecular complexity index is 1290. The van der Waals surface area contributed by atoms with Crippen molar-refractivity contribution in [1.82, 2.24) is 15.3 Å². The molecule has 3 N–H and O–H groups in total. The summed E-state index contributed by atoms with van der Waals surface area (Å²) in [6.07, 6.45) is 1.69. The van der Waals surface area contributed by atoms with Gasteiger partial charge in [0.05, 0.1) is 11.7 Å². The largest absolute Gasteiger partial charge is 0.345 e. The van der Waals surface area contributed by atoms with Crippen LogP contribution in [0.4, 0.5) is 17.3 Å². The van der Waals surface area contributed by atoms with Crippen molar-refractivity contribution in [3.05, 3.63) is 102 Å². The third kappa shape index (κ3) is 5.63. The van der Waals surface area contributed by atoms with Crippen LogP contribution in [0.3, 0.4) is 0 Å². The lowest BCUT2D eigenvalue weighted by molar-refractivity contribution is -0.114. The number of amides is 2. The van der Waals surface area contributed by atoms with E-state index in [9.17, 15) is 9.59 Å². The Labute approximate surface area is 198 Å². The summed E-state index contributed by atoms with van der Waals surface area (Å²) >= 11 is 0. The minimum atomic E-state index is -0.235. The molecule has 1 unspecified atom stereocenters. The lowest BCUT2D eigenvalue weighted by Crippen LogP contribution is -2.27. The summed E-state index contributed by atoms with van der Waals surface area (Å²) in [6, 6.07) is 25.9. The molecule has 1 heterocycles. The number of rotatable bonds is 7. The smallest absolute Gasteiger partial charge is 0.251 e. The summed E-state index contributed by atoms with van der Waals surface area (Å²) in [5.41, 5.74) is 4.71. The first kappa shape index (κ1) is 22.7. The minimum absolute atomic E-state index is 0.117. The Morgan fingerprint density at radius 1 is 0.853 bits per heavy atom. The van der Waals surface area contributed by atoms with Crippen LogP contribution in [-0.2, 0) is 4.79 Å². The molecule has 7 nitrogen and oxygen atoms in total. The van der Waals surface area contributed by atoms with Gasteiger partial charge in [-0.25, -0.2) is 9.97 Å². The highest BCUT2D eigenvalue weighted by atomic mass is 16.2. The third-order valence-electron chi connectivity index (χ3n) is 5.21. The summed E-state index contributed by atoms with van der Waals surface area (Å²) in [4.78, 5) is 32.8. The summed E-state index contributed by atoms with van der Waals surface area (Å²) in [5.74, 6) is 0.190. The number of carbonyl (C=O) groups excluding carboxylic acids is 2. The quantitative estimate of drug-likeness (QED) is 0.353. The molecular formula is C27H25N5O2. The molecule has 0 saturated carbocycles. The Kier molecular flexibility index (Phi) is 6.93. The Hall–Kier alpha value is -4.52. The molecule has 34 heavy (non-hydrogen) atoms. The number of benzene rings is 3. The average Bonchev–Trinajstić information content (AvgIpc) is 2.85. The van der Waals surface area contributed by atoms with Crippen LogP contribution in [0.2, 0.25) is 0 Å². The van der Waals surface area contributed by atoms with E-state index in [4.69, 9.17) is 0 Å². The van der Waals surface area contributed by atoms with E-state index in [1.54, 1.807) is 18.3 Å². The van der Waals surface area contributed by atoms with Crippen molar-refractivity contribution in [2.75, 3.05) is 10.6 Å². The number of para-hydroxylation sites is 1. The number of nitrogens with one attached hydrogen (secondary N) is 3. The van der Waals surface area contributed by atoms with Gasteiger partial charge in [0.15, 0.2) is 0 Å². The molecule has 0 saturated heterocycles. The molecule has 0 aliphatic heterocycles. The SMILES string of the molecule is CC(=O)Nc1ccc(-c2ccnc(Nc3ccccc3C(C)NC(=O)c3ccccc3)n2)cc1. The van der Waals surface area contributed by atoms with Crippen LogP contribution < -0.4 is 16.0 Å². The van der Waals surface area contributed by atoms with Crippen molar-refractivity contribution in [3.63, 3.8) is 0 Å². The Balaban J connectivity index is 1.51. The third-order valence-corrected chi connectivity index (χ3v) is 5.21. The fraction of sp³-hybridized carbons (Fsp3) is 0.111. The molecule has 2 amide bonds. The first-order valence-corrected chi connectivity index (χ1v) is 10.9. The molecule has 4 aromatic rings. The molecule has 4 rings (SSSR count). The zero-order valence-electron chi connectivity index (χ0n) is 18.9. The van der Waals surface area contributed by atoms with Gasteiger partial charge in [0.25, 0.3) is 5.91 Å². The molecule has 170 valence electrons. The maximum atomic E-state index is 12.6. The predicted octanol–water partition coefficient (Wildman–Crippen LogP) is 5.34. The van der Waals surface area contributed by atoms with E-state index >= 15 is 0 Å². The lowest BCUT2D eigenvalue weighted by atomic mass is 10.1. The van der Waals surface area contributed by atoms with Crippen LogP contribution in [0, 0.1) is 0 Å². The summed E-state index contributed by atoms with van der Waals surface area (Å²) in [5, 5.41) is 9.08. The second-order valence-corrected chi connectivity index (χ2v) is 7.80. The highest BCUT2D eigenvalue weighted by Crippen LogP contribution is 2.26. The zero-order valence-corrected chi connectivity index (χ0v) is 18.9. The number of nitrogens with zero attached hydrogens (tertiary/aromatic N) is 2. The van der Waals surface area contributed by atoms with Crippen LogP contribution in [-0.4, -0.2) is 21.8 Å². The van der Waals surface area contributed by atoms with Crippen molar-refractivity contribution in [2.45, 2.75) is 19.9 Å². The normalized spacial score (nSPS) is 11.4.